The van der Waals surface area contributed by atoms with Crippen LogP contribution in [0.3, 0.4) is 0 Å². The van der Waals surface area contributed by atoms with Crippen molar-refractivity contribution >= 4 is 22.9 Å². The van der Waals surface area contributed by atoms with Crippen molar-refractivity contribution < 1.29 is 18.0 Å². The number of nitrogens with one attached hydrogen (secondary N) is 2. The predicted molar refractivity (Wildman–Crippen MR) is 114 cm³/mol. The fourth-order valence-corrected chi connectivity index (χ4v) is 3.25. The molecule has 164 valence electrons. The third-order valence-electron chi connectivity index (χ3n) is 4.81. The van der Waals surface area contributed by atoms with Gasteiger partial charge in [-0.25, -0.2) is 14.6 Å². The lowest BCUT2D eigenvalue weighted by atomic mass is 10.2. The normalized spacial score (nSPS) is 11.6. The molecule has 33 heavy (non-hydrogen) atoms. The van der Waals surface area contributed by atoms with E-state index in [9.17, 15) is 18.0 Å². The van der Waals surface area contributed by atoms with E-state index in [1.165, 1.54) is 30.7 Å². The number of carbonyl (C=O) groups excluding carboxylic acids is 1. The van der Waals surface area contributed by atoms with Crippen LogP contribution in [0, 0.1) is 0 Å². The number of alkyl halides is 3. The Kier molecular flexibility index (Phi) is 4.85. The summed E-state index contributed by atoms with van der Waals surface area (Å²) < 4.78 is 41.6. The van der Waals surface area contributed by atoms with E-state index in [1.54, 1.807) is 18.2 Å². The van der Waals surface area contributed by atoms with Crippen molar-refractivity contribution in [3.63, 3.8) is 0 Å². The van der Waals surface area contributed by atoms with Gasteiger partial charge in [-0.15, -0.1) is 0 Å². The number of benzene rings is 1. The lowest BCUT2D eigenvalue weighted by Crippen LogP contribution is -2.16. The van der Waals surface area contributed by atoms with Gasteiger partial charge < -0.3 is 4.98 Å². The molecule has 0 bridgehead atoms. The third kappa shape index (κ3) is 4.03. The minimum Gasteiger partial charge on any atom is -0.324 e. The summed E-state index contributed by atoms with van der Waals surface area (Å²) in [5.41, 5.74) is 1.13. The maximum absolute atomic E-state index is 13.6. The molecule has 0 saturated heterocycles. The minimum atomic E-state index is -4.66. The number of aromatic amines is 1. The van der Waals surface area contributed by atoms with E-state index in [2.05, 4.69) is 30.4 Å². The number of carbonyl (C=O) groups is 1. The number of hydrogen-bond acceptors (Lipinski definition) is 5. The molecule has 5 rings (SSSR count). The largest absolute Gasteiger partial charge is 0.433 e. The van der Waals surface area contributed by atoms with Crippen LogP contribution < -0.4 is 5.32 Å². The molecular formula is C22H14F3N7O. The van der Waals surface area contributed by atoms with Crippen LogP contribution in [-0.4, -0.2) is 35.6 Å². The van der Waals surface area contributed by atoms with Gasteiger partial charge in [-0.1, -0.05) is 12.1 Å². The quantitative estimate of drug-likeness (QED) is 0.421. The van der Waals surface area contributed by atoms with Gasteiger partial charge in [0.05, 0.1) is 22.3 Å². The Bertz CT molecular complexity index is 1410. The van der Waals surface area contributed by atoms with Crippen LogP contribution >= 0.6 is 0 Å². The van der Waals surface area contributed by atoms with Crippen molar-refractivity contribution in [1.29, 1.82) is 0 Å². The zero-order chi connectivity index (χ0) is 23.0. The summed E-state index contributed by atoms with van der Waals surface area (Å²) in [5, 5.41) is 6.68. The smallest absolute Gasteiger partial charge is 0.324 e. The van der Waals surface area contributed by atoms with Crippen LogP contribution in [0.5, 0.6) is 0 Å². The number of rotatable bonds is 4. The van der Waals surface area contributed by atoms with Gasteiger partial charge in [-0.05, 0) is 42.5 Å². The molecule has 0 spiro atoms. The molecule has 1 aromatic carbocycles. The Balaban J connectivity index is 1.43. The summed E-state index contributed by atoms with van der Waals surface area (Å²) in [7, 11) is 0. The first-order chi connectivity index (χ1) is 15.9. The van der Waals surface area contributed by atoms with Crippen molar-refractivity contribution in [3.05, 3.63) is 84.4 Å². The average molecular weight is 449 g/mol. The molecule has 1 amide bonds. The van der Waals surface area contributed by atoms with Crippen LogP contribution in [-0.2, 0) is 6.18 Å². The Hall–Kier alpha value is -4.54. The second-order valence-electron chi connectivity index (χ2n) is 7.03. The van der Waals surface area contributed by atoms with Crippen molar-refractivity contribution in [2.24, 2.45) is 0 Å². The van der Waals surface area contributed by atoms with E-state index in [-0.39, 0.29) is 23.0 Å². The predicted octanol–water partition coefficient (Wildman–Crippen LogP) is 4.48. The zero-order valence-corrected chi connectivity index (χ0v) is 16.7. The summed E-state index contributed by atoms with van der Waals surface area (Å²) in [6.45, 7) is 0. The zero-order valence-electron chi connectivity index (χ0n) is 16.7. The molecule has 4 heterocycles. The number of anilines is 1. The van der Waals surface area contributed by atoms with Gasteiger partial charge in [0.15, 0.2) is 11.5 Å². The van der Waals surface area contributed by atoms with Gasteiger partial charge in [0.2, 0.25) is 5.95 Å². The SMILES string of the molecule is O=C(Nc1nc2ccccc2[nH]1)c1ccc(-n2nc(-c3cccnc3)cc2C(F)(F)F)nc1. The van der Waals surface area contributed by atoms with E-state index in [1.807, 2.05) is 18.2 Å². The summed E-state index contributed by atoms with van der Waals surface area (Å²) in [6.07, 6.45) is -0.543. The van der Waals surface area contributed by atoms with E-state index in [0.29, 0.717) is 15.8 Å². The lowest BCUT2D eigenvalue weighted by Gasteiger charge is -2.09. The first-order valence-corrected chi connectivity index (χ1v) is 9.69. The van der Waals surface area contributed by atoms with Crippen LogP contribution in [0.15, 0.2) is 73.2 Å². The van der Waals surface area contributed by atoms with Crippen LogP contribution in [0.2, 0.25) is 0 Å². The van der Waals surface area contributed by atoms with Crippen LogP contribution in [0.1, 0.15) is 16.1 Å². The van der Waals surface area contributed by atoms with E-state index in [4.69, 9.17) is 0 Å². The van der Waals surface area contributed by atoms with E-state index >= 15 is 0 Å². The minimum absolute atomic E-state index is 0.0854. The lowest BCUT2D eigenvalue weighted by molar-refractivity contribution is -0.142. The fraction of sp³-hybridized carbons (Fsp3) is 0.0455. The summed E-state index contributed by atoms with van der Waals surface area (Å²) in [5.74, 6) is -0.351. The van der Waals surface area contributed by atoms with Gasteiger partial charge in [-0.2, -0.15) is 18.3 Å². The molecule has 8 nitrogen and oxygen atoms in total. The summed E-state index contributed by atoms with van der Waals surface area (Å²) >= 11 is 0. The number of nitrogens with zero attached hydrogens (tertiary/aromatic N) is 5. The molecule has 0 aliphatic heterocycles. The van der Waals surface area contributed by atoms with Gasteiger partial charge in [0.1, 0.15) is 0 Å². The van der Waals surface area contributed by atoms with E-state index in [0.717, 1.165) is 11.6 Å². The number of H-pyrrole nitrogens is 1. The third-order valence-corrected chi connectivity index (χ3v) is 4.81. The highest BCUT2D eigenvalue weighted by Crippen LogP contribution is 2.33. The second-order valence-corrected chi connectivity index (χ2v) is 7.03. The Morgan fingerprint density at radius 1 is 1.03 bits per heavy atom. The summed E-state index contributed by atoms with van der Waals surface area (Å²) in [6, 6.07) is 14.1. The molecule has 0 atom stereocenters. The average Bonchev–Trinajstić information content (AvgIpc) is 3.44. The Morgan fingerprint density at radius 3 is 2.58 bits per heavy atom. The van der Waals surface area contributed by atoms with Crippen LogP contribution in [0.4, 0.5) is 19.1 Å². The number of imidazole rings is 1. The first kappa shape index (κ1) is 20.4. The van der Waals surface area contributed by atoms with Crippen LogP contribution in [0.25, 0.3) is 28.1 Å². The molecule has 0 radical (unpaired) electrons. The molecule has 0 saturated carbocycles. The highest BCUT2D eigenvalue weighted by Gasteiger charge is 2.36. The summed E-state index contributed by atoms with van der Waals surface area (Å²) in [4.78, 5) is 27.7. The Labute approximate surface area is 184 Å². The fourth-order valence-electron chi connectivity index (χ4n) is 3.25. The maximum atomic E-state index is 13.6. The molecule has 0 fully saturated rings. The highest BCUT2D eigenvalue weighted by atomic mass is 19.4. The number of amides is 1. The number of fused-ring (bicyclic) bond motifs is 1. The van der Waals surface area contributed by atoms with Crippen molar-refractivity contribution in [2.75, 3.05) is 5.32 Å². The number of halogens is 3. The molecule has 2 N–H and O–H groups in total. The standard InChI is InChI=1S/C22H14F3N7O/c23-22(24,25)18-10-17(13-4-3-9-26-11-13)31-32(18)19-8-7-14(12-27-19)20(33)30-21-28-15-5-1-2-6-16(15)29-21/h1-12H,(H2,28,29,30,33). The number of pyridine rings is 2. The first-order valence-electron chi connectivity index (χ1n) is 9.69. The molecule has 0 aliphatic rings. The monoisotopic (exact) mass is 449 g/mol. The molecule has 5 aromatic rings. The van der Waals surface area contributed by atoms with Crippen molar-refractivity contribution in [3.8, 4) is 17.1 Å². The van der Waals surface area contributed by atoms with Gasteiger partial charge >= 0.3 is 6.18 Å². The molecule has 11 heteroatoms. The maximum Gasteiger partial charge on any atom is 0.433 e. The number of hydrogen-bond donors (Lipinski definition) is 2. The Morgan fingerprint density at radius 2 is 1.88 bits per heavy atom. The molecule has 4 aromatic heterocycles. The number of para-hydroxylation sites is 2. The molecule has 0 unspecified atom stereocenters. The number of aromatic nitrogens is 6. The van der Waals surface area contributed by atoms with E-state index < -0.39 is 17.8 Å². The topological polar surface area (TPSA) is 101 Å². The van der Waals surface area contributed by atoms with Gasteiger partial charge in [0.25, 0.3) is 5.91 Å². The van der Waals surface area contributed by atoms with Gasteiger partial charge in [-0.3, -0.25) is 15.1 Å². The highest BCUT2D eigenvalue weighted by molar-refractivity contribution is 6.03. The molecule has 0 aliphatic carbocycles. The van der Waals surface area contributed by atoms with Crippen molar-refractivity contribution in [1.82, 2.24) is 29.7 Å². The van der Waals surface area contributed by atoms with Crippen molar-refractivity contribution in [2.45, 2.75) is 6.18 Å². The molecular weight excluding hydrogens is 435 g/mol. The van der Waals surface area contributed by atoms with Gasteiger partial charge in [0, 0.05) is 24.2 Å². The second kappa shape index (κ2) is 7.86.